The molecule has 104 valence electrons. The van der Waals surface area contributed by atoms with E-state index in [-0.39, 0.29) is 5.82 Å². The lowest BCUT2D eigenvalue weighted by Crippen LogP contribution is -2.24. The van der Waals surface area contributed by atoms with Gasteiger partial charge in [0.2, 0.25) is 0 Å². The summed E-state index contributed by atoms with van der Waals surface area (Å²) in [4.78, 5) is 0. The largest absolute Gasteiger partial charge is 0.312 e. The molecule has 2 aromatic rings. The standard InChI is InChI=1S/C18H20FN/c19-17-10-8-14(9-11-17)12-20-13-16-6-3-5-15-4-1-2-7-18(15)16/h1-2,4,7-11,16,20H,3,5-6,12-13H2. The van der Waals surface area contributed by atoms with Crippen LogP contribution in [-0.2, 0) is 13.0 Å². The Morgan fingerprint density at radius 3 is 2.70 bits per heavy atom. The fourth-order valence-electron chi connectivity index (χ4n) is 3.06. The molecular formula is C18H20FN. The van der Waals surface area contributed by atoms with Crippen LogP contribution in [0, 0.1) is 5.82 Å². The molecule has 2 heteroatoms. The number of hydrogen-bond donors (Lipinski definition) is 1. The van der Waals surface area contributed by atoms with Crippen LogP contribution in [0.5, 0.6) is 0 Å². The zero-order valence-corrected chi connectivity index (χ0v) is 11.6. The third kappa shape index (κ3) is 3.07. The van der Waals surface area contributed by atoms with Crippen LogP contribution in [0.1, 0.15) is 35.4 Å². The minimum Gasteiger partial charge on any atom is -0.312 e. The Morgan fingerprint density at radius 1 is 1.05 bits per heavy atom. The highest BCUT2D eigenvalue weighted by molar-refractivity contribution is 5.32. The molecule has 0 saturated carbocycles. The Bertz CT molecular complexity index is 562. The molecule has 0 heterocycles. The molecule has 1 aliphatic carbocycles. The number of benzene rings is 2. The van der Waals surface area contributed by atoms with E-state index < -0.39 is 0 Å². The number of fused-ring (bicyclic) bond motifs is 1. The zero-order chi connectivity index (χ0) is 13.8. The lowest BCUT2D eigenvalue weighted by atomic mass is 9.83. The van der Waals surface area contributed by atoms with Crippen molar-refractivity contribution < 1.29 is 4.39 Å². The Labute approximate surface area is 119 Å². The molecule has 1 N–H and O–H groups in total. The van der Waals surface area contributed by atoms with Gasteiger partial charge in [-0.1, -0.05) is 36.4 Å². The fourth-order valence-corrected chi connectivity index (χ4v) is 3.06. The third-order valence-corrected chi connectivity index (χ3v) is 4.13. The van der Waals surface area contributed by atoms with Gasteiger partial charge in [0.25, 0.3) is 0 Å². The van der Waals surface area contributed by atoms with E-state index in [9.17, 15) is 4.39 Å². The number of rotatable bonds is 4. The first-order valence-corrected chi connectivity index (χ1v) is 7.36. The maximum atomic E-state index is 12.8. The van der Waals surface area contributed by atoms with Crippen molar-refractivity contribution in [1.82, 2.24) is 5.32 Å². The fraction of sp³-hybridized carbons (Fsp3) is 0.333. The van der Waals surface area contributed by atoms with Gasteiger partial charge in [-0.15, -0.1) is 0 Å². The highest BCUT2D eigenvalue weighted by Crippen LogP contribution is 2.30. The molecule has 0 bridgehead atoms. The van der Waals surface area contributed by atoms with Crippen LogP contribution in [0.2, 0.25) is 0 Å². The van der Waals surface area contributed by atoms with Gasteiger partial charge in [-0.2, -0.15) is 0 Å². The van der Waals surface area contributed by atoms with Gasteiger partial charge in [0.05, 0.1) is 0 Å². The molecule has 0 aliphatic heterocycles. The lowest BCUT2D eigenvalue weighted by Gasteiger charge is -2.25. The van der Waals surface area contributed by atoms with Gasteiger partial charge in [0.1, 0.15) is 5.82 Å². The van der Waals surface area contributed by atoms with Crippen LogP contribution >= 0.6 is 0 Å². The Kier molecular flexibility index (Phi) is 4.12. The zero-order valence-electron chi connectivity index (χ0n) is 11.6. The second kappa shape index (κ2) is 6.19. The van der Waals surface area contributed by atoms with E-state index >= 15 is 0 Å². The first kappa shape index (κ1) is 13.3. The topological polar surface area (TPSA) is 12.0 Å². The van der Waals surface area contributed by atoms with E-state index in [0.717, 1.165) is 18.7 Å². The molecule has 0 radical (unpaired) electrons. The van der Waals surface area contributed by atoms with Crippen molar-refractivity contribution in [1.29, 1.82) is 0 Å². The van der Waals surface area contributed by atoms with Crippen LogP contribution in [0.15, 0.2) is 48.5 Å². The number of halogens is 1. The van der Waals surface area contributed by atoms with Gasteiger partial charge >= 0.3 is 0 Å². The van der Waals surface area contributed by atoms with E-state index in [2.05, 4.69) is 29.6 Å². The van der Waals surface area contributed by atoms with Crippen LogP contribution < -0.4 is 5.32 Å². The first-order valence-electron chi connectivity index (χ1n) is 7.36. The molecule has 0 aromatic heterocycles. The molecule has 1 nitrogen and oxygen atoms in total. The Hall–Kier alpha value is -1.67. The molecule has 2 aromatic carbocycles. The number of nitrogens with one attached hydrogen (secondary N) is 1. The number of aryl methyl sites for hydroxylation is 1. The molecule has 0 saturated heterocycles. The molecule has 1 aliphatic rings. The molecule has 0 spiro atoms. The monoisotopic (exact) mass is 269 g/mol. The van der Waals surface area contributed by atoms with Crippen molar-refractivity contribution in [3.05, 3.63) is 71.0 Å². The summed E-state index contributed by atoms with van der Waals surface area (Å²) in [5.74, 6) is 0.440. The predicted octanol–water partition coefficient (Wildman–Crippen LogP) is 4.04. The van der Waals surface area contributed by atoms with Crippen molar-refractivity contribution in [3.63, 3.8) is 0 Å². The quantitative estimate of drug-likeness (QED) is 0.883. The van der Waals surface area contributed by atoms with Crippen LogP contribution in [-0.4, -0.2) is 6.54 Å². The van der Waals surface area contributed by atoms with Crippen molar-refractivity contribution >= 4 is 0 Å². The van der Waals surface area contributed by atoms with Crippen LogP contribution in [0.4, 0.5) is 4.39 Å². The predicted molar refractivity (Wildman–Crippen MR) is 80.2 cm³/mol. The van der Waals surface area contributed by atoms with Crippen LogP contribution in [0.25, 0.3) is 0 Å². The van der Waals surface area contributed by atoms with Crippen molar-refractivity contribution in [2.24, 2.45) is 0 Å². The van der Waals surface area contributed by atoms with E-state index in [0.29, 0.717) is 5.92 Å². The molecule has 1 unspecified atom stereocenters. The molecule has 0 fully saturated rings. The van der Waals surface area contributed by atoms with Crippen molar-refractivity contribution in [2.75, 3.05) is 6.54 Å². The summed E-state index contributed by atoms with van der Waals surface area (Å²) in [5.41, 5.74) is 4.15. The summed E-state index contributed by atoms with van der Waals surface area (Å²) in [6, 6.07) is 15.5. The third-order valence-electron chi connectivity index (χ3n) is 4.13. The van der Waals surface area contributed by atoms with Crippen molar-refractivity contribution in [2.45, 2.75) is 31.7 Å². The maximum Gasteiger partial charge on any atom is 0.123 e. The van der Waals surface area contributed by atoms with E-state index in [1.807, 2.05) is 12.1 Å². The summed E-state index contributed by atoms with van der Waals surface area (Å²) in [6.07, 6.45) is 3.75. The molecular weight excluding hydrogens is 249 g/mol. The van der Waals surface area contributed by atoms with Crippen LogP contribution in [0.3, 0.4) is 0 Å². The van der Waals surface area contributed by atoms with Gasteiger partial charge in [-0.05, 0) is 54.0 Å². The van der Waals surface area contributed by atoms with E-state index in [1.54, 1.807) is 0 Å². The first-order chi connectivity index (χ1) is 9.83. The highest BCUT2D eigenvalue weighted by atomic mass is 19.1. The second-order valence-corrected chi connectivity index (χ2v) is 5.55. The van der Waals surface area contributed by atoms with Gasteiger partial charge in [-0.3, -0.25) is 0 Å². The molecule has 20 heavy (non-hydrogen) atoms. The average molecular weight is 269 g/mol. The Morgan fingerprint density at radius 2 is 1.85 bits per heavy atom. The second-order valence-electron chi connectivity index (χ2n) is 5.55. The van der Waals surface area contributed by atoms with E-state index in [4.69, 9.17) is 0 Å². The SMILES string of the molecule is Fc1ccc(CNCC2CCCc3ccccc32)cc1. The highest BCUT2D eigenvalue weighted by Gasteiger charge is 2.18. The van der Waals surface area contributed by atoms with Gasteiger partial charge in [0.15, 0.2) is 0 Å². The lowest BCUT2D eigenvalue weighted by molar-refractivity contribution is 0.507. The summed E-state index contributed by atoms with van der Waals surface area (Å²) < 4.78 is 12.8. The van der Waals surface area contributed by atoms with Gasteiger partial charge in [0, 0.05) is 13.1 Å². The minimum atomic E-state index is -0.171. The van der Waals surface area contributed by atoms with E-state index in [1.165, 1.54) is 42.5 Å². The normalized spacial score (nSPS) is 17.8. The smallest absolute Gasteiger partial charge is 0.123 e. The Balaban J connectivity index is 1.58. The van der Waals surface area contributed by atoms with Crippen molar-refractivity contribution in [3.8, 4) is 0 Å². The van der Waals surface area contributed by atoms with Gasteiger partial charge < -0.3 is 5.32 Å². The summed E-state index contributed by atoms with van der Waals surface area (Å²) in [7, 11) is 0. The number of hydrogen-bond acceptors (Lipinski definition) is 1. The average Bonchev–Trinajstić information content (AvgIpc) is 2.49. The van der Waals surface area contributed by atoms with Gasteiger partial charge in [-0.25, -0.2) is 4.39 Å². The molecule has 1 atom stereocenters. The summed E-state index contributed by atoms with van der Waals surface area (Å²) in [5, 5.41) is 3.51. The molecule has 3 rings (SSSR count). The maximum absolute atomic E-state index is 12.8. The molecule has 0 amide bonds. The summed E-state index contributed by atoms with van der Waals surface area (Å²) >= 11 is 0. The minimum absolute atomic E-state index is 0.171. The summed E-state index contributed by atoms with van der Waals surface area (Å²) in [6.45, 7) is 1.80.